The number of ketones is 1. The van der Waals surface area contributed by atoms with Gasteiger partial charge in [0.15, 0.2) is 0 Å². The first-order chi connectivity index (χ1) is 19.8. The van der Waals surface area contributed by atoms with Gasteiger partial charge in [0, 0.05) is 30.1 Å². The highest BCUT2D eigenvalue weighted by atomic mass is 32.1. The van der Waals surface area contributed by atoms with Crippen molar-refractivity contribution in [3.63, 3.8) is 0 Å². The van der Waals surface area contributed by atoms with Gasteiger partial charge < -0.3 is 20.3 Å². The van der Waals surface area contributed by atoms with Crippen LogP contribution in [0, 0.1) is 24.2 Å². The van der Waals surface area contributed by atoms with E-state index in [-0.39, 0.29) is 24.5 Å². The fraction of sp³-hybridized carbons (Fsp3) is 0.636. The van der Waals surface area contributed by atoms with E-state index in [0.29, 0.717) is 25.8 Å². The van der Waals surface area contributed by atoms with E-state index in [4.69, 9.17) is 15.2 Å². The standard InChI is InChI=1S/C33H50N2O6S/c1-21-12-11-13-22(2)31(38)24(4)32(39)33(6,7)28(41-29(36)14-9-8-10-17-34)19-30(37)40-27(16-15-21)23(3)18-26-20-42-25(5)35-26/h11,13,15,18,20,22,24,27-28,31,38H,8-10,12,14,16-17,19,34H2,1-7H3. The zero-order chi connectivity index (χ0) is 31.4. The van der Waals surface area contributed by atoms with E-state index >= 15 is 0 Å². The number of aliphatic hydroxyl groups is 1. The Kier molecular flexibility index (Phi) is 14.3. The minimum Gasteiger partial charge on any atom is -0.461 e. The Balaban J connectivity index is 2.44. The van der Waals surface area contributed by atoms with E-state index in [1.165, 1.54) is 0 Å². The van der Waals surface area contributed by atoms with Gasteiger partial charge >= 0.3 is 11.9 Å². The first-order valence-corrected chi connectivity index (χ1v) is 15.9. The molecule has 234 valence electrons. The van der Waals surface area contributed by atoms with Crippen LogP contribution in [0.2, 0.25) is 0 Å². The topological polar surface area (TPSA) is 129 Å². The molecule has 5 unspecified atom stereocenters. The number of nitrogens with zero attached hydrogens (tertiary/aromatic N) is 1. The van der Waals surface area contributed by atoms with Crippen molar-refractivity contribution in [3.8, 4) is 0 Å². The molecular weight excluding hydrogens is 552 g/mol. The molecule has 0 amide bonds. The first-order valence-electron chi connectivity index (χ1n) is 15.0. The average molecular weight is 603 g/mol. The fourth-order valence-corrected chi connectivity index (χ4v) is 5.61. The molecule has 0 fully saturated rings. The summed E-state index contributed by atoms with van der Waals surface area (Å²) < 4.78 is 11.8. The third-order valence-corrected chi connectivity index (χ3v) is 8.76. The highest BCUT2D eigenvalue weighted by Crippen LogP contribution is 2.34. The third-order valence-electron chi connectivity index (χ3n) is 7.97. The molecule has 1 aromatic heterocycles. The molecule has 5 atom stereocenters. The summed E-state index contributed by atoms with van der Waals surface area (Å²) in [4.78, 5) is 44.6. The highest BCUT2D eigenvalue weighted by Gasteiger charge is 2.45. The van der Waals surface area contributed by atoms with Gasteiger partial charge in [0.25, 0.3) is 0 Å². The van der Waals surface area contributed by atoms with E-state index < -0.39 is 41.6 Å². The molecule has 9 heteroatoms. The lowest BCUT2D eigenvalue weighted by atomic mass is 9.73. The Hall–Kier alpha value is -2.62. The number of Topliss-reactive ketones (excluding diaryl/α,β-unsaturated/α-hetero) is 1. The number of nitrogens with two attached hydrogens (primary N) is 1. The maximum Gasteiger partial charge on any atom is 0.310 e. The van der Waals surface area contributed by atoms with Crippen LogP contribution >= 0.6 is 11.3 Å². The summed E-state index contributed by atoms with van der Waals surface area (Å²) in [5.41, 5.74) is 7.04. The number of aryl methyl sites for hydroxylation is 1. The smallest absolute Gasteiger partial charge is 0.310 e. The van der Waals surface area contributed by atoms with Gasteiger partial charge in [-0.05, 0) is 72.1 Å². The minimum atomic E-state index is -1.25. The van der Waals surface area contributed by atoms with Crippen LogP contribution in [0.5, 0.6) is 0 Å². The van der Waals surface area contributed by atoms with Gasteiger partial charge in [-0.2, -0.15) is 0 Å². The van der Waals surface area contributed by atoms with Crippen LogP contribution in [0.3, 0.4) is 0 Å². The van der Waals surface area contributed by atoms with Crippen LogP contribution < -0.4 is 5.73 Å². The largest absolute Gasteiger partial charge is 0.461 e. The van der Waals surface area contributed by atoms with Gasteiger partial charge in [-0.1, -0.05) is 44.1 Å². The summed E-state index contributed by atoms with van der Waals surface area (Å²) in [5.74, 6) is -2.34. The van der Waals surface area contributed by atoms with E-state index in [1.54, 1.807) is 32.1 Å². The summed E-state index contributed by atoms with van der Waals surface area (Å²) in [7, 11) is 0. The van der Waals surface area contributed by atoms with Gasteiger partial charge in [-0.15, -0.1) is 11.3 Å². The average Bonchev–Trinajstić information content (AvgIpc) is 3.35. The molecular formula is C33H50N2O6S. The summed E-state index contributed by atoms with van der Waals surface area (Å²) in [6.07, 6.45) is 8.54. The molecule has 0 bridgehead atoms. The van der Waals surface area contributed by atoms with Crippen LogP contribution in [0.1, 0.15) is 97.2 Å². The lowest BCUT2D eigenvalue weighted by Crippen LogP contribution is -2.47. The molecule has 0 spiro atoms. The second-order valence-corrected chi connectivity index (χ2v) is 13.1. The molecule has 2 heterocycles. The quantitative estimate of drug-likeness (QED) is 0.207. The van der Waals surface area contributed by atoms with E-state index in [9.17, 15) is 19.5 Å². The number of ether oxygens (including phenoxy) is 2. The number of carbonyl (C=O) groups excluding carboxylic acids is 3. The van der Waals surface area contributed by atoms with Crippen molar-refractivity contribution in [1.29, 1.82) is 0 Å². The van der Waals surface area contributed by atoms with Crippen LogP contribution in [-0.4, -0.2) is 52.7 Å². The Bertz CT molecular complexity index is 1150. The van der Waals surface area contributed by atoms with E-state index in [1.807, 2.05) is 57.4 Å². The molecule has 1 aliphatic heterocycles. The predicted molar refractivity (Wildman–Crippen MR) is 168 cm³/mol. The number of carbonyl (C=O) groups is 3. The number of aromatic nitrogens is 1. The number of hydrogen-bond acceptors (Lipinski definition) is 9. The summed E-state index contributed by atoms with van der Waals surface area (Å²) >= 11 is 1.55. The van der Waals surface area contributed by atoms with Gasteiger partial charge in [0.1, 0.15) is 18.0 Å². The summed E-state index contributed by atoms with van der Waals surface area (Å²) in [6, 6.07) is 0. The highest BCUT2D eigenvalue weighted by molar-refractivity contribution is 7.09. The number of aliphatic hydroxyl groups excluding tert-OH is 1. The molecule has 1 aliphatic rings. The van der Waals surface area contributed by atoms with Crippen molar-refractivity contribution in [2.24, 2.45) is 23.0 Å². The number of unbranched alkanes of at least 4 members (excludes halogenated alkanes) is 2. The second kappa shape index (κ2) is 16.9. The molecule has 1 aromatic rings. The Morgan fingerprint density at radius 2 is 1.95 bits per heavy atom. The van der Waals surface area contributed by atoms with Gasteiger partial charge in [-0.3, -0.25) is 14.4 Å². The number of esters is 2. The van der Waals surface area contributed by atoms with Crippen LogP contribution in [-0.2, 0) is 23.9 Å². The molecule has 0 aliphatic carbocycles. The zero-order valence-electron chi connectivity index (χ0n) is 26.4. The Labute approximate surface area is 255 Å². The maximum absolute atomic E-state index is 13.8. The number of cyclic esters (lactones) is 1. The van der Waals surface area contributed by atoms with Crippen molar-refractivity contribution in [2.45, 2.75) is 112 Å². The monoisotopic (exact) mass is 602 g/mol. The molecule has 42 heavy (non-hydrogen) atoms. The van der Waals surface area contributed by atoms with E-state index in [2.05, 4.69) is 4.98 Å². The zero-order valence-corrected chi connectivity index (χ0v) is 27.2. The SMILES string of the molecule is CC1=CCC(C(C)=Cc2csc(C)n2)OC(=O)CC(OC(=O)CCCCCN)C(C)(C)C(=O)C(C)C(O)C(C)C=CC1. The lowest BCUT2D eigenvalue weighted by Gasteiger charge is -2.36. The van der Waals surface area contributed by atoms with Gasteiger partial charge in [0.05, 0.1) is 28.6 Å². The number of allylic oxidation sites excluding steroid dienone is 2. The van der Waals surface area contributed by atoms with E-state index in [0.717, 1.165) is 34.7 Å². The molecule has 0 saturated heterocycles. The van der Waals surface area contributed by atoms with Crippen molar-refractivity contribution in [3.05, 3.63) is 45.5 Å². The molecule has 0 saturated carbocycles. The molecule has 0 radical (unpaired) electrons. The Morgan fingerprint density at radius 1 is 1.24 bits per heavy atom. The number of thiazole rings is 1. The van der Waals surface area contributed by atoms with Gasteiger partial charge in [-0.25, -0.2) is 4.98 Å². The fourth-order valence-electron chi connectivity index (χ4n) is 5.04. The van der Waals surface area contributed by atoms with Crippen molar-refractivity contribution >= 4 is 35.1 Å². The van der Waals surface area contributed by atoms with Crippen LogP contribution in [0.25, 0.3) is 6.08 Å². The van der Waals surface area contributed by atoms with Crippen LogP contribution in [0.15, 0.2) is 34.8 Å². The van der Waals surface area contributed by atoms with Crippen molar-refractivity contribution in [2.75, 3.05) is 6.54 Å². The lowest BCUT2D eigenvalue weighted by molar-refractivity contribution is -0.167. The van der Waals surface area contributed by atoms with Crippen molar-refractivity contribution in [1.82, 2.24) is 4.98 Å². The Morgan fingerprint density at radius 3 is 2.60 bits per heavy atom. The van der Waals surface area contributed by atoms with Gasteiger partial charge in [0.2, 0.25) is 0 Å². The molecule has 2 rings (SSSR count). The third kappa shape index (κ3) is 10.9. The van der Waals surface area contributed by atoms with Crippen molar-refractivity contribution < 1.29 is 29.0 Å². The summed E-state index contributed by atoms with van der Waals surface area (Å²) in [5, 5.41) is 13.9. The second-order valence-electron chi connectivity index (χ2n) is 12.1. The molecule has 8 nitrogen and oxygen atoms in total. The maximum atomic E-state index is 13.8. The normalized spacial score (nSPS) is 26.5. The minimum absolute atomic E-state index is 0.164. The first kappa shape index (κ1) is 35.6. The summed E-state index contributed by atoms with van der Waals surface area (Å²) in [6.45, 7) is 13.3. The molecule has 0 aromatic carbocycles. The number of rotatable bonds is 8. The van der Waals surface area contributed by atoms with Crippen LogP contribution in [0.4, 0.5) is 0 Å². The number of hydrogen-bond donors (Lipinski definition) is 2. The predicted octanol–water partition coefficient (Wildman–Crippen LogP) is 6.11. The molecule has 3 N–H and O–H groups in total.